The molecule has 0 aliphatic carbocycles. The second-order valence-electron chi connectivity index (χ2n) is 5.16. The Balaban J connectivity index is 1.73. The molecule has 0 radical (unpaired) electrons. The van der Waals surface area contributed by atoms with Gasteiger partial charge in [-0.25, -0.2) is 0 Å². The number of aliphatic hydroxyl groups is 1. The zero-order valence-corrected chi connectivity index (χ0v) is 12.8. The van der Waals surface area contributed by atoms with Gasteiger partial charge in [-0.2, -0.15) is 0 Å². The molecule has 0 spiro atoms. The Labute approximate surface area is 135 Å². The lowest BCUT2D eigenvalue weighted by atomic mass is 10.0. The summed E-state index contributed by atoms with van der Waals surface area (Å²) >= 11 is 0. The topological polar surface area (TPSA) is 38.7 Å². The Bertz CT molecular complexity index is 734. The third kappa shape index (κ3) is 3.71. The van der Waals surface area contributed by atoms with Crippen LogP contribution in [-0.2, 0) is 0 Å². The first-order valence-electron chi connectivity index (χ1n) is 7.41. The molecule has 116 valence electrons. The van der Waals surface area contributed by atoms with E-state index in [1.165, 1.54) is 0 Å². The van der Waals surface area contributed by atoms with E-state index in [1.54, 1.807) is 7.11 Å². The van der Waals surface area contributed by atoms with Crippen LogP contribution in [0.1, 0.15) is 17.2 Å². The van der Waals surface area contributed by atoms with Crippen molar-refractivity contribution in [2.45, 2.75) is 6.10 Å². The van der Waals surface area contributed by atoms with Gasteiger partial charge in [0.15, 0.2) is 0 Å². The van der Waals surface area contributed by atoms with Crippen molar-refractivity contribution in [3.8, 4) is 17.2 Å². The zero-order chi connectivity index (χ0) is 16.1. The highest BCUT2D eigenvalue weighted by atomic mass is 16.5. The lowest BCUT2D eigenvalue weighted by Crippen LogP contribution is -1.99. The Hall–Kier alpha value is -2.78. The van der Waals surface area contributed by atoms with Gasteiger partial charge in [-0.05, 0) is 47.5 Å². The van der Waals surface area contributed by atoms with E-state index in [9.17, 15) is 5.11 Å². The second-order valence-corrected chi connectivity index (χ2v) is 5.16. The number of hydrogen-bond donors (Lipinski definition) is 1. The standard InChI is InChI=1S/C20H18O3/c1-22-17-11-7-15(8-12-17)20(21)16-9-13-19(14-10-16)23-18-5-3-2-4-6-18/h2-14,20-21H,1H3. The molecule has 0 bridgehead atoms. The molecule has 0 aromatic heterocycles. The van der Waals surface area contributed by atoms with Gasteiger partial charge in [0, 0.05) is 0 Å². The van der Waals surface area contributed by atoms with Crippen LogP contribution in [0.3, 0.4) is 0 Å². The Morgan fingerprint density at radius 2 is 1.13 bits per heavy atom. The molecule has 1 unspecified atom stereocenters. The van der Waals surface area contributed by atoms with E-state index in [-0.39, 0.29) is 0 Å². The van der Waals surface area contributed by atoms with Crippen molar-refractivity contribution in [2.24, 2.45) is 0 Å². The largest absolute Gasteiger partial charge is 0.497 e. The fourth-order valence-corrected chi connectivity index (χ4v) is 2.32. The quantitative estimate of drug-likeness (QED) is 0.750. The fraction of sp³-hybridized carbons (Fsp3) is 0.100. The first kappa shape index (κ1) is 15.1. The van der Waals surface area contributed by atoms with Gasteiger partial charge in [-0.3, -0.25) is 0 Å². The van der Waals surface area contributed by atoms with E-state index in [1.807, 2.05) is 78.9 Å². The lowest BCUT2D eigenvalue weighted by Gasteiger charge is -2.13. The summed E-state index contributed by atoms with van der Waals surface area (Å²) in [6, 6.07) is 24.5. The van der Waals surface area contributed by atoms with Crippen LogP contribution in [-0.4, -0.2) is 12.2 Å². The van der Waals surface area contributed by atoms with Crippen molar-refractivity contribution < 1.29 is 14.6 Å². The van der Waals surface area contributed by atoms with Crippen LogP contribution < -0.4 is 9.47 Å². The second kappa shape index (κ2) is 6.99. The number of rotatable bonds is 5. The van der Waals surface area contributed by atoms with Crippen molar-refractivity contribution in [2.75, 3.05) is 7.11 Å². The zero-order valence-electron chi connectivity index (χ0n) is 12.8. The van der Waals surface area contributed by atoms with Gasteiger partial charge in [0.05, 0.1) is 7.11 Å². The van der Waals surface area contributed by atoms with Gasteiger partial charge in [0.2, 0.25) is 0 Å². The molecule has 3 rings (SSSR count). The highest BCUT2D eigenvalue weighted by molar-refractivity contribution is 5.38. The van der Waals surface area contributed by atoms with Gasteiger partial charge < -0.3 is 14.6 Å². The summed E-state index contributed by atoms with van der Waals surface area (Å²) in [6.07, 6.45) is -0.674. The smallest absolute Gasteiger partial charge is 0.127 e. The molecular formula is C20H18O3. The minimum Gasteiger partial charge on any atom is -0.497 e. The maximum absolute atomic E-state index is 10.5. The number of methoxy groups -OCH3 is 1. The third-order valence-electron chi connectivity index (χ3n) is 3.61. The van der Waals surface area contributed by atoms with Crippen molar-refractivity contribution in [3.63, 3.8) is 0 Å². The molecule has 1 atom stereocenters. The van der Waals surface area contributed by atoms with Crippen LogP contribution in [0.15, 0.2) is 78.9 Å². The average Bonchev–Trinajstić information content (AvgIpc) is 2.63. The van der Waals surface area contributed by atoms with E-state index >= 15 is 0 Å². The van der Waals surface area contributed by atoms with Crippen molar-refractivity contribution in [1.82, 2.24) is 0 Å². The summed E-state index contributed by atoms with van der Waals surface area (Å²) in [4.78, 5) is 0. The predicted molar refractivity (Wildman–Crippen MR) is 90.0 cm³/mol. The predicted octanol–water partition coefficient (Wildman–Crippen LogP) is 4.57. The van der Waals surface area contributed by atoms with E-state index in [0.29, 0.717) is 0 Å². The summed E-state index contributed by atoms with van der Waals surface area (Å²) in [6.45, 7) is 0. The Morgan fingerprint density at radius 3 is 1.65 bits per heavy atom. The molecule has 0 aliphatic rings. The summed E-state index contributed by atoms with van der Waals surface area (Å²) in [5.74, 6) is 2.30. The first-order valence-corrected chi connectivity index (χ1v) is 7.41. The third-order valence-corrected chi connectivity index (χ3v) is 3.61. The molecule has 23 heavy (non-hydrogen) atoms. The highest BCUT2D eigenvalue weighted by Gasteiger charge is 2.10. The number of aliphatic hydroxyl groups excluding tert-OH is 1. The molecule has 3 heteroatoms. The molecule has 0 aliphatic heterocycles. The Kier molecular flexibility index (Phi) is 4.60. The van der Waals surface area contributed by atoms with Gasteiger partial charge in [-0.15, -0.1) is 0 Å². The molecule has 3 nitrogen and oxygen atoms in total. The van der Waals surface area contributed by atoms with Crippen molar-refractivity contribution in [1.29, 1.82) is 0 Å². The number of para-hydroxylation sites is 1. The minimum atomic E-state index is -0.674. The maximum atomic E-state index is 10.5. The molecule has 3 aromatic carbocycles. The first-order chi connectivity index (χ1) is 11.3. The minimum absolute atomic E-state index is 0.674. The molecule has 0 fully saturated rings. The Morgan fingerprint density at radius 1 is 0.652 bits per heavy atom. The highest BCUT2D eigenvalue weighted by Crippen LogP contribution is 2.27. The van der Waals surface area contributed by atoms with E-state index in [4.69, 9.17) is 9.47 Å². The molecule has 1 N–H and O–H groups in total. The van der Waals surface area contributed by atoms with Gasteiger partial charge >= 0.3 is 0 Å². The fourth-order valence-electron chi connectivity index (χ4n) is 2.32. The molecular weight excluding hydrogens is 288 g/mol. The van der Waals surface area contributed by atoms with Crippen LogP contribution in [0.5, 0.6) is 17.2 Å². The molecule has 3 aromatic rings. The van der Waals surface area contributed by atoms with Gasteiger partial charge in [0.25, 0.3) is 0 Å². The van der Waals surface area contributed by atoms with E-state index < -0.39 is 6.10 Å². The molecule has 0 heterocycles. The maximum Gasteiger partial charge on any atom is 0.127 e. The summed E-state index contributed by atoms with van der Waals surface area (Å²) < 4.78 is 10.9. The normalized spacial score (nSPS) is 11.7. The van der Waals surface area contributed by atoms with Crippen LogP contribution in [0, 0.1) is 0 Å². The van der Waals surface area contributed by atoms with Crippen molar-refractivity contribution >= 4 is 0 Å². The summed E-state index contributed by atoms with van der Waals surface area (Å²) in [5, 5.41) is 10.5. The number of benzene rings is 3. The lowest BCUT2D eigenvalue weighted by molar-refractivity contribution is 0.220. The van der Waals surface area contributed by atoms with E-state index in [0.717, 1.165) is 28.4 Å². The number of hydrogen-bond acceptors (Lipinski definition) is 3. The SMILES string of the molecule is COc1ccc(C(O)c2ccc(Oc3ccccc3)cc2)cc1. The summed E-state index contributed by atoms with van der Waals surface area (Å²) in [5.41, 5.74) is 1.64. The van der Waals surface area contributed by atoms with Gasteiger partial charge in [0.1, 0.15) is 23.4 Å². The van der Waals surface area contributed by atoms with Gasteiger partial charge in [-0.1, -0.05) is 42.5 Å². The van der Waals surface area contributed by atoms with Crippen LogP contribution in [0.25, 0.3) is 0 Å². The molecule has 0 saturated carbocycles. The number of ether oxygens (including phenoxy) is 2. The van der Waals surface area contributed by atoms with E-state index in [2.05, 4.69) is 0 Å². The van der Waals surface area contributed by atoms with Crippen molar-refractivity contribution in [3.05, 3.63) is 90.0 Å². The van der Waals surface area contributed by atoms with Crippen LogP contribution in [0.4, 0.5) is 0 Å². The molecule has 0 amide bonds. The van der Waals surface area contributed by atoms with Crippen LogP contribution in [0.2, 0.25) is 0 Å². The molecule has 0 saturated heterocycles. The average molecular weight is 306 g/mol. The van der Waals surface area contributed by atoms with Crippen LogP contribution >= 0.6 is 0 Å². The summed E-state index contributed by atoms with van der Waals surface area (Å²) in [7, 11) is 1.62. The monoisotopic (exact) mass is 306 g/mol.